The third-order valence-corrected chi connectivity index (χ3v) is 7.22. The topological polar surface area (TPSA) is 124 Å². The first kappa shape index (κ1) is 30.0. The van der Waals surface area contributed by atoms with Gasteiger partial charge in [0.25, 0.3) is 5.91 Å². The Hall–Kier alpha value is -4.02. The molecule has 1 aliphatic heterocycles. The lowest BCUT2D eigenvalue weighted by molar-refractivity contribution is -0.135. The van der Waals surface area contributed by atoms with Crippen molar-refractivity contribution in [3.05, 3.63) is 82.3 Å². The number of carbonyl (C=O) groups is 2. The summed E-state index contributed by atoms with van der Waals surface area (Å²) in [5.74, 6) is -1.45. The zero-order valence-corrected chi connectivity index (χ0v) is 24.2. The molecule has 1 saturated heterocycles. The van der Waals surface area contributed by atoms with Crippen molar-refractivity contribution in [2.75, 3.05) is 13.7 Å². The maximum Gasteiger partial charge on any atom is 0.434 e. The third kappa shape index (κ3) is 5.89. The number of methoxy groups -OCH3 is 1. The van der Waals surface area contributed by atoms with E-state index in [1.165, 1.54) is 19.2 Å². The molecule has 2 atom stereocenters. The van der Waals surface area contributed by atoms with Gasteiger partial charge in [-0.25, -0.2) is 9.18 Å². The fourth-order valence-electron chi connectivity index (χ4n) is 5.27. The van der Waals surface area contributed by atoms with Crippen molar-refractivity contribution in [3.8, 4) is 17.0 Å². The number of hydrogen-bond donors (Lipinski definition) is 3. The van der Waals surface area contributed by atoms with Gasteiger partial charge in [0, 0.05) is 28.4 Å². The molecular formula is C30H32ClFN4O5. The van der Waals surface area contributed by atoms with E-state index >= 15 is 4.39 Å². The second kappa shape index (κ2) is 11.5. The number of benzene rings is 2. The maximum atomic E-state index is 15.6. The molecule has 2 amide bonds. The van der Waals surface area contributed by atoms with Gasteiger partial charge in [0.05, 0.1) is 25.5 Å². The molecule has 1 aliphatic rings. The van der Waals surface area contributed by atoms with Crippen LogP contribution in [0.1, 0.15) is 49.9 Å². The number of halogens is 2. The van der Waals surface area contributed by atoms with Crippen LogP contribution in [0.3, 0.4) is 0 Å². The van der Waals surface area contributed by atoms with Crippen LogP contribution in [0.15, 0.2) is 59.7 Å². The van der Waals surface area contributed by atoms with Gasteiger partial charge in [-0.15, -0.1) is 4.99 Å². The number of hydrogen-bond acceptors (Lipinski definition) is 5. The minimum atomic E-state index is -1.73. The Kier molecular flexibility index (Phi) is 8.37. The Morgan fingerprint density at radius 2 is 1.98 bits per heavy atom. The number of aliphatic hydroxyl groups is 1. The van der Waals surface area contributed by atoms with Crippen molar-refractivity contribution in [2.45, 2.75) is 45.7 Å². The number of aryl methyl sites for hydroxylation is 1. The summed E-state index contributed by atoms with van der Waals surface area (Å²) in [7, 11) is 1.40. The quantitative estimate of drug-likeness (QED) is 0.327. The summed E-state index contributed by atoms with van der Waals surface area (Å²) in [5.41, 5.74) is 0.228. The molecule has 0 aliphatic carbocycles. The first-order valence-electron chi connectivity index (χ1n) is 12.9. The van der Waals surface area contributed by atoms with Crippen molar-refractivity contribution >= 4 is 29.6 Å². The number of nitrogens with zero attached hydrogens (tertiary/aromatic N) is 3. The standard InChI is InChI=1S/C30H32ClFN4O5/c1-17-7-6-12-33-25(17)20-13-18(8-11-22(20)31)24(15-37)36-26(38)30(16-29(2,3)4,35-27(36)34-28(39)40)21-10-9-19(41-5)14-23(21)32/h6-14,24,37H,15-16H2,1-5H3,(H,34,35)(H,39,40)/t24-,30?/m1/s1. The van der Waals surface area contributed by atoms with Gasteiger partial charge >= 0.3 is 6.09 Å². The Balaban J connectivity index is 1.92. The van der Waals surface area contributed by atoms with Crippen molar-refractivity contribution in [3.63, 3.8) is 0 Å². The van der Waals surface area contributed by atoms with Gasteiger partial charge < -0.3 is 20.3 Å². The number of ether oxygens (including phenoxy) is 1. The number of guanidine groups is 1. The van der Waals surface area contributed by atoms with E-state index in [9.17, 15) is 19.8 Å². The van der Waals surface area contributed by atoms with Crippen molar-refractivity contribution < 1.29 is 28.9 Å². The monoisotopic (exact) mass is 582 g/mol. The van der Waals surface area contributed by atoms with Crippen molar-refractivity contribution in [1.29, 1.82) is 0 Å². The number of amides is 2. The molecule has 1 unspecified atom stereocenters. The Labute approximate surface area is 242 Å². The first-order valence-corrected chi connectivity index (χ1v) is 13.3. The highest BCUT2D eigenvalue weighted by Gasteiger charge is 2.56. The van der Waals surface area contributed by atoms with E-state index in [4.69, 9.17) is 16.3 Å². The number of nitrogens with one attached hydrogen (secondary N) is 1. The highest BCUT2D eigenvalue weighted by atomic mass is 35.5. The molecule has 41 heavy (non-hydrogen) atoms. The van der Waals surface area contributed by atoms with E-state index in [0.29, 0.717) is 21.8 Å². The zero-order valence-electron chi connectivity index (χ0n) is 23.4. The number of aromatic nitrogens is 1. The fraction of sp³-hybridized carbons (Fsp3) is 0.333. The Morgan fingerprint density at radius 1 is 1.24 bits per heavy atom. The summed E-state index contributed by atoms with van der Waals surface area (Å²) in [6.45, 7) is 6.93. The van der Waals surface area contributed by atoms with Gasteiger partial charge in [-0.2, -0.15) is 0 Å². The number of aliphatic imine (C=N–C) groups is 1. The summed E-state index contributed by atoms with van der Waals surface area (Å²) in [6, 6.07) is 11.7. The van der Waals surface area contributed by atoms with Crippen LogP contribution in [-0.2, 0) is 10.3 Å². The lowest BCUT2D eigenvalue weighted by Crippen LogP contribution is -2.47. The average molecular weight is 583 g/mol. The lowest BCUT2D eigenvalue weighted by atomic mass is 9.75. The van der Waals surface area contributed by atoms with Gasteiger partial charge in [0.1, 0.15) is 17.1 Å². The van der Waals surface area contributed by atoms with Crippen LogP contribution in [0.5, 0.6) is 5.75 Å². The number of carbonyl (C=O) groups excluding carboxylic acids is 1. The zero-order chi connectivity index (χ0) is 30.1. The van der Waals surface area contributed by atoms with Crippen LogP contribution in [0.2, 0.25) is 5.02 Å². The molecule has 4 rings (SSSR count). The molecule has 1 aromatic heterocycles. The van der Waals surface area contributed by atoms with Gasteiger partial charge in [0.15, 0.2) is 0 Å². The predicted octanol–water partition coefficient (Wildman–Crippen LogP) is 5.69. The highest BCUT2D eigenvalue weighted by molar-refractivity contribution is 6.33. The summed E-state index contributed by atoms with van der Waals surface area (Å²) >= 11 is 6.53. The van der Waals surface area contributed by atoms with Crippen LogP contribution >= 0.6 is 11.6 Å². The van der Waals surface area contributed by atoms with Gasteiger partial charge in [0.2, 0.25) is 5.96 Å². The summed E-state index contributed by atoms with van der Waals surface area (Å²) in [4.78, 5) is 35.5. The molecule has 0 saturated carbocycles. The largest absolute Gasteiger partial charge is 0.497 e. The van der Waals surface area contributed by atoms with E-state index in [0.717, 1.165) is 16.5 Å². The van der Waals surface area contributed by atoms with Gasteiger partial charge in [-0.3, -0.25) is 14.7 Å². The van der Waals surface area contributed by atoms with Gasteiger partial charge in [-0.05, 0) is 60.2 Å². The van der Waals surface area contributed by atoms with Crippen molar-refractivity contribution in [1.82, 2.24) is 15.2 Å². The smallest absolute Gasteiger partial charge is 0.434 e. The van der Waals surface area contributed by atoms with E-state index in [-0.39, 0.29) is 23.7 Å². The number of pyridine rings is 1. The second-order valence-corrected chi connectivity index (χ2v) is 11.5. The summed E-state index contributed by atoms with van der Waals surface area (Å²) in [6.07, 6.45) is 0.142. The first-order chi connectivity index (χ1) is 19.3. The average Bonchev–Trinajstić information content (AvgIpc) is 3.15. The van der Waals surface area contributed by atoms with Crippen LogP contribution < -0.4 is 10.1 Å². The minimum Gasteiger partial charge on any atom is -0.497 e. The Morgan fingerprint density at radius 3 is 2.56 bits per heavy atom. The van der Waals surface area contributed by atoms with Crippen LogP contribution in [0.25, 0.3) is 11.3 Å². The number of rotatable bonds is 7. The highest BCUT2D eigenvalue weighted by Crippen LogP contribution is 2.44. The molecule has 0 spiro atoms. The second-order valence-electron chi connectivity index (χ2n) is 11.1. The van der Waals surface area contributed by atoms with E-state index < -0.39 is 41.4 Å². The Bertz CT molecular complexity index is 1520. The predicted molar refractivity (Wildman–Crippen MR) is 153 cm³/mol. The van der Waals surface area contributed by atoms with Crippen LogP contribution in [-0.4, -0.2) is 51.8 Å². The normalized spacial score (nSPS) is 18.9. The molecular weight excluding hydrogens is 551 g/mol. The molecule has 0 bridgehead atoms. The number of carboxylic acid groups (broad SMARTS) is 1. The molecule has 2 aromatic carbocycles. The SMILES string of the molecule is COc1ccc(C2(CC(C)(C)C)NC(=NC(=O)O)N([C@H](CO)c3ccc(Cl)c(-c4ncccc4C)c3)C2=O)c(F)c1. The minimum absolute atomic E-state index is 0.00332. The molecule has 3 aromatic rings. The fourth-order valence-corrected chi connectivity index (χ4v) is 5.47. The van der Waals surface area contributed by atoms with E-state index in [1.807, 2.05) is 33.8 Å². The third-order valence-electron chi connectivity index (χ3n) is 6.89. The molecule has 11 heteroatoms. The molecule has 2 heterocycles. The van der Waals surface area contributed by atoms with Crippen LogP contribution in [0.4, 0.5) is 9.18 Å². The lowest BCUT2D eigenvalue weighted by Gasteiger charge is -2.35. The van der Waals surface area contributed by atoms with Gasteiger partial charge in [-0.1, -0.05) is 44.5 Å². The summed E-state index contributed by atoms with van der Waals surface area (Å²) in [5, 5.41) is 23.6. The van der Waals surface area contributed by atoms with Crippen molar-refractivity contribution in [2.24, 2.45) is 10.4 Å². The number of aliphatic hydroxyl groups excluding tert-OH is 1. The maximum absolute atomic E-state index is 15.6. The molecule has 1 fully saturated rings. The van der Waals surface area contributed by atoms with E-state index in [2.05, 4.69) is 15.3 Å². The molecule has 0 radical (unpaired) electrons. The molecule has 3 N–H and O–H groups in total. The summed E-state index contributed by atoms with van der Waals surface area (Å²) < 4.78 is 20.8. The molecule has 216 valence electrons. The van der Waals surface area contributed by atoms with Crippen LogP contribution in [0, 0.1) is 18.2 Å². The molecule has 9 nitrogen and oxygen atoms in total. The van der Waals surface area contributed by atoms with E-state index in [1.54, 1.807) is 30.5 Å².